The van der Waals surface area contributed by atoms with Crippen molar-refractivity contribution < 1.29 is 14.3 Å². The number of nitrogens with one attached hydrogen (secondary N) is 1. The third kappa shape index (κ3) is 2.65. The lowest BCUT2D eigenvalue weighted by atomic mass is 10.2. The highest BCUT2D eigenvalue weighted by molar-refractivity contribution is 14.1. The first-order valence-corrected chi connectivity index (χ1v) is 6.27. The summed E-state index contributed by atoms with van der Waals surface area (Å²) in [5, 5.41) is 8.89. The van der Waals surface area contributed by atoms with E-state index < -0.39 is 17.3 Å². The van der Waals surface area contributed by atoms with Crippen LogP contribution in [0.3, 0.4) is 0 Å². The van der Waals surface area contributed by atoms with E-state index in [0.29, 0.717) is 9.13 Å². The fourth-order valence-corrected chi connectivity index (χ4v) is 2.38. The Morgan fingerprint density at radius 1 is 1.47 bits per heavy atom. The van der Waals surface area contributed by atoms with Gasteiger partial charge < -0.3 is 10.1 Å². The van der Waals surface area contributed by atoms with Crippen molar-refractivity contribution in [3.8, 4) is 11.4 Å². The molecule has 98 valence electrons. The van der Waals surface area contributed by atoms with Gasteiger partial charge in [-0.3, -0.25) is 4.79 Å². The molecule has 0 saturated carbocycles. The van der Waals surface area contributed by atoms with Crippen LogP contribution in [0.1, 0.15) is 16.1 Å². The molecule has 2 rings (SSSR count). The number of hydrogen-bond donors (Lipinski definition) is 2. The molecule has 5 nitrogen and oxygen atoms in total. The molecule has 0 aliphatic carbocycles. The fraction of sp³-hybridized carbons (Fsp3) is 0.0833. The van der Waals surface area contributed by atoms with Crippen LogP contribution < -0.4 is 5.56 Å². The van der Waals surface area contributed by atoms with Gasteiger partial charge in [0.15, 0.2) is 0 Å². The highest BCUT2D eigenvalue weighted by atomic mass is 127. The molecule has 0 unspecified atom stereocenters. The Bertz CT molecular complexity index is 727. The van der Waals surface area contributed by atoms with Crippen LogP contribution in [0.25, 0.3) is 11.4 Å². The topological polar surface area (TPSA) is 83.0 Å². The summed E-state index contributed by atoms with van der Waals surface area (Å²) >= 11 is 1.92. The van der Waals surface area contributed by atoms with Crippen LogP contribution in [0, 0.1) is 16.3 Å². The van der Waals surface area contributed by atoms with Gasteiger partial charge in [0.05, 0.1) is 5.69 Å². The van der Waals surface area contributed by atoms with E-state index in [1.807, 2.05) is 22.6 Å². The molecule has 0 atom stereocenters. The number of aromatic nitrogens is 2. The van der Waals surface area contributed by atoms with Gasteiger partial charge in [0.25, 0.3) is 5.56 Å². The normalized spacial score (nSPS) is 10.5. The minimum Gasteiger partial charge on any atom is -0.477 e. The summed E-state index contributed by atoms with van der Waals surface area (Å²) in [4.78, 5) is 29.0. The molecule has 0 spiro atoms. The van der Waals surface area contributed by atoms with Crippen LogP contribution >= 0.6 is 22.6 Å². The summed E-state index contributed by atoms with van der Waals surface area (Å²) < 4.78 is 13.6. The van der Waals surface area contributed by atoms with Gasteiger partial charge in [-0.05, 0) is 47.7 Å². The summed E-state index contributed by atoms with van der Waals surface area (Å²) in [7, 11) is 0. The zero-order valence-corrected chi connectivity index (χ0v) is 11.9. The first-order chi connectivity index (χ1) is 8.90. The maximum atomic E-state index is 13.0. The van der Waals surface area contributed by atoms with E-state index in [-0.39, 0.29) is 17.1 Å². The van der Waals surface area contributed by atoms with Gasteiger partial charge >= 0.3 is 5.97 Å². The maximum Gasteiger partial charge on any atom is 0.343 e. The van der Waals surface area contributed by atoms with E-state index in [0.717, 1.165) is 0 Å². The van der Waals surface area contributed by atoms with Crippen LogP contribution in [0.15, 0.2) is 23.0 Å². The van der Waals surface area contributed by atoms with Gasteiger partial charge in [-0.15, -0.1) is 0 Å². The van der Waals surface area contributed by atoms with Crippen molar-refractivity contribution in [1.82, 2.24) is 9.97 Å². The molecule has 1 aromatic carbocycles. The molecule has 0 aliphatic rings. The molecular formula is C12H8FIN2O3. The van der Waals surface area contributed by atoms with Gasteiger partial charge in [0.1, 0.15) is 17.2 Å². The average Bonchev–Trinajstić information content (AvgIpc) is 2.26. The SMILES string of the molecule is Cc1nc(-c2ccc(F)cc2I)[nH]c(=O)c1C(=O)O. The molecular weight excluding hydrogens is 366 g/mol. The molecule has 1 aromatic heterocycles. The molecule has 1 heterocycles. The van der Waals surface area contributed by atoms with Crippen molar-refractivity contribution in [3.05, 3.63) is 49.2 Å². The Hall–Kier alpha value is -1.77. The molecule has 2 N–H and O–H groups in total. The quantitative estimate of drug-likeness (QED) is 0.790. The molecule has 0 aliphatic heterocycles. The van der Waals surface area contributed by atoms with Gasteiger partial charge in [0, 0.05) is 9.13 Å². The van der Waals surface area contributed by atoms with Gasteiger partial charge in [-0.1, -0.05) is 0 Å². The number of aromatic amines is 1. The van der Waals surface area contributed by atoms with E-state index in [1.54, 1.807) is 0 Å². The number of aryl methyl sites for hydroxylation is 1. The van der Waals surface area contributed by atoms with Crippen LogP contribution in [0.4, 0.5) is 4.39 Å². The Morgan fingerprint density at radius 3 is 2.68 bits per heavy atom. The van der Waals surface area contributed by atoms with Gasteiger partial charge in [0.2, 0.25) is 0 Å². The number of aromatic carboxylic acids is 1. The van der Waals surface area contributed by atoms with Crippen molar-refractivity contribution >= 4 is 28.6 Å². The van der Waals surface area contributed by atoms with Gasteiger partial charge in [-0.25, -0.2) is 14.2 Å². The molecule has 19 heavy (non-hydrogen) atoms. The van der Waals surface area contributed by atoms with E-state index in [2.05, 4.69) is 9.97 Å². The van der Waals surface area contributed by atoms with Crippen molar-refractivity contribution in [1.29, 1.82) is 0 Å². The van der Waals surface area contributed by atoms with Gasteiger partial charge in [-0.2, -0.15) is 0 Å². The summed E-state index contributed by atoms with van der Waals surface area (Å²) in [6.45, 7) is 1.44. The number of nitrogens with zero attached hydrogens (tertiary/aromatic N) is 1. The lowest BCUT2D eigenvalue weighted by Crippen LogP contribution is -2.21. The van der Waals surface area contributed by atoms with Crippen LogP contribution in [-0.2, 0) is 0 Å². The standard InChI is InChI=1S/C12H8FIN2O3/c1-5-9(12(18)19)11(17)16-10(15-5)7-3-2-6(13)4-8(7)14/h2-4H,1H3,(H,18,19)(H,15,16,17). The van der Waals surface area contributed by atoms with E-state index >= 15 is 0 Å². The first kappa shape index (κ1) is 13.7. The highest BCUT2D eigenvalue weighted by Crippen LogP contribution is 2.22. The minimum absolute atomic E-state index is 0.117. The molecule has 0 saturated heterocycles. The molecule has 0 radical (unpaired) electrons. The fourth-order valence-electron chi connectivity index (χ4n) is 1.65. The number of benzene rings is 1. The highest BCUT2D eigenvalue weighted by Gasteiger charge is 2.16. The Kier molecular flexibility index (Phi) is 3.65. The molecule has 7 heteroatoms. The van der Waals surface area contributed by atoms with E-state index in [4.69, 9.17) is 5.11 Å². The second-order valence-corrected chi connectivity index (χ2v) is 4.97. The zero-order chi connectivity index (χ0) is 14.2. The molecule has 2 aromatic rings. The Labute approximate surface area is 120 Å². The number of rotatable bonds is 2. The van der Waals surface area contributed by atoms with Crippen LogP contribution in [-0.4, -0.2) is 21.0 Å². The Morgan fingerprint density at radius 2 is 2.16 bits per heavy atom. The lowest BCUT2D eigenvalue weighted by molar-refractivity contribution is 0.0693. The summed E-state index contributed by atoms with van der Waals surface area (Å²) in [5.41, 5.74) is -0.457. The third-order valence-electron chi connectivity index (χ3n) is 2.50. The number of H-pyrrole nitrogens is 1. The summed E-state index contributed by atoms with van der Waals surface area (Å²) in [6, 6.07) is 4.03. The third-order valence-corrected chi connectivity index (χ3v) is 3.39. The van der Waals surface area contributed by atoms with Crippen LogP contribution in [0.2, 0.25) is 0 Å². The smallest absolute Gasteiger partial charge is 0.343 e. The maximum absolute atomic E-state index is 13.0. The number of carbonyl (C=O) groups is 1. The van der Waals surface area contributed by atoms with Crippen molar-refractivity contribution in [2.45, 2.75) is 6.92 Å². The number of carboxylic acids is 1. The second-order valence-electron chi connectivity index (χ2n) is 3.80. The predicted octanol–water partition coefficient (Wildman–Crippen LogP) is 2.19. The summed E-state index contributed by atoms with van der Waals surface area (Å²) in [6.07, 6.45) is 0. The lowest BCUT2D eigenvalue weighted by Gasteiger charge is -2.06. The second kappa shape index (κ2) is 5.08. The first-order valence-electron chi connectivity index (χ1n) is 5.20. The monoisotopic (exact) mass is 374 g/mol. The zero-order valence-electron chi connectivity index (χ0n) is 9.70. The largest absolute Gasteiger partial charge is 0.477 e. The Balaban J connectivity index is 2.65. The van der Waals surface area contributed by atoms with E-state index in [9.17, 15) is 14.0 Å². The molecule has 0 fully saturated rings. The molecule has 0 amide bonds. The average molecular weight is 374 g/mol. The summed E-state index contributed by atoms with van der Waals surface area (Å²) in [5.74, 6) is -1.50. The number of hydrogen-bond acceptors (Lipinski definition) is 3. The number of halogens is 2. The molecule has 0 bridgehead atoms. The number of carboxylic acid groups (broad SMARTS) is 1. The minimum atomic E-state index is -1.33. The van der Waals surface area contributed by atoms with E-state index in [1.165, 1.54) is 25.1 Å². The van der Waals surface area contributed by atoms with Crippen molar-refractivity contribution in [2.24, 2.45) is 0 Å². The van der Waals surface area contributed by atoms with Crippen molar-refractivity contribution in [2.75, 3.05) is 0 Å². The van der Waals surface area contributed by atoms with Crippen LogP contribution in [0.5, 0.6) is 0 Å². The predicted molar refractivity (Wildman–Crippen MR) is 74.7 cm³/mol. The van der Waals surface area contributed by atoms with Crippen molar-refractivity contribution in [3.63, 3.8) is 0 Å².